The first kappa shape index (κ1) is 29.6. The fourth-order valence-electron chi connectivity index (χ4n) is 4.86. The molecule has 9 atom stereocenters. The molecule has 23 heteroatoms. The van der Waals surface area contributed by atoms with Crippen LogP contribution in [0.15, 0.2) is 22.2 Å². The van der Waals surface area contributed by atoms with Gasteiger partial charge in [-0.25, -0.2) is 18.7 Å². The number of nitrogens with two attached hydrogens (primary N) is 2. The molecule has 9 N–H and O–H groups in total. The SMILES string of the molecule is Nc1nc2c(ncn2[C@@H]2O[C@H](COP(O)(=S)O[C@@H]3[C@@H](F)[C@@H](CO)O[C@H]3n3cnc4c(=O)[nH]c(N)nc43)[C@H](F)[C@H]2O)c(=O)[nH]1. The Morgan fingerprint density at radius 3 is 2.07 bits per heavy atom. The largest absolute Gasteiger partial charge is 0.394 e. The van der Waals surface area contributed by atoms with E-state index in [1.54, 1.807) is 0 Å². The summed E-state index contributed by atoms with van der Waals surface area (Å²) in [6, 6.07) is 0. The first-order chi connectivity index (χ1) is 20.4. The van der Waals surface area contributed by atoms with E-state index in [1.165, 1.54) is 0 Å². The summed E-state index contributed by atoms with van der Waals surface area (Å²) in [6.45, 7) is -5.95. The van der Waals surface area contributed by atoms with Crippen molar-refractivity contribution in [3.63, 3.8) is 0 Å². The molecule has 19 nitrogen and oxygen atoms in total. The van der Waals surface area contributed by atoms with Crippen LogP contribution in [-0.2, 0) is 30.3 Å². The van der Waals surface area contributed by atoms with E-state index >= 15 is 8.78 Å². The number of nitrogen functional groups attached to an aromatic ring is 2. The summed E-state index contributed by atoms with van der Waals surface area (Å²) >= 11 is 5.04. The van der Waals surface area contributed by atoms with Gasteiger partial charge in [0.25, 0.3) is 11.1 Å². The number of hydrogen-bond acceptors (Lipinski definition) is 15. The molecule has 0 amide bonds. The quantitative estimate of drug-likeness (QED) is 0.100. The molecule has 6 rings (SSSR count). The number of nitrogens with zero attached hydrogens (tertiary/aromatic N) is 6. The standard InChI is InChI=1S/C20H23F2N10O9PS/c21-7-6(40-17(11(7)34)31-3-25-9-13(31)27-19(23)29-15(9)35)2-38-42(37,43)41-12-8(22)5(1-33)39-18(12)32-4-26-10-14(32)28-20(24)30-16(10)36/h3-8,11-12,17-18,33-34H,1-2H2,(H,37,43)(H3,23,27,29,35)(H3,24,28,30,36)/t5-,6-,7+,8+,11-,12-,17-,18-,42?/m1/s1. The lowest BCUT2D eigenvalue weighted by atomic mass is 10.1. The third-order valence-corrected chi connectivity index (χ3v) is 8.40. The topological polar surface area (TPSA) is 277 Å². The van der Waals surface area contributed by atoms with Gasteiger partial charge in [-0.3, -0.25) is 33.2 Å². The Labute approximate surface area is 241 Å². The number of aliphatic hydroxyl groups is 2. The van der Waals surface area contributed by atoms with E-state index in [0.717, 1.165) is 21.8 Å². The molecule has 1 unspecified atom stereocenters. The lowest BCUT2D eigenvalue weighted by Crippen LogP contribution is -2.33. The number of rotatable bonds is 8. The zero-order valence-electron chi connectivity index (χ0n) is 21.4. The van der Waals surface area contributed by atoms with Crippen LogP contribution >= 0.6 is 6.72 Å². The van der Waals surface area contributed by atoms with Gasteiger partial charge in [0.2, 0.25) is 11.9 Å². The van der Waals surface area contributed by atoms with Gasteiger partial charge in [-0.15, -0.1) is 0 Å². The Bertz CT molecular complexity index is 1850. The number of anilines is 2. The van der Waals surface area contributed by atoms with E-state index in [-0.39, 0.29) is 34.2 Å². The molecule has 2 fully saturated rings. The molecule has 2 aliphatic heterocycles. The first-order valence-electron chi connectivity index (χ1n) is 12.4. The predicted molar refractivity (Wildman–Crippen MR) is 143 cm³/mol. The summed E-state index contributed by atoms with van der Waals surface area (Å²) in [7, 11) is 0. The number of aromatic amines is 2. The van der Waals surface area contributed by atoms with Gasteiger partial charge in [-0.2, -0.15) is 9.97 Å². The van der Waals surface area contributed by atoms with Gasteiger partial charge in [0.1, 0.15) is 24.4 Å². The van der Waals surface area contributed by atoms with E-state index in [0.29, 0.717) is 0 Å². The molecule has 2 saturated heterocycles. The fourth-order valence-corrected chi connectivity index (χ4v) is 6.27. The predicted octanol–water partition coefficient (Wildman–Crippen LogP) is -2.14. The number of aromatic nitrogens is 8. The third kappa shape index (κ3) is 5.19. The number of aliphatic hydroxyl groups excluding tert-OH is 2. The van der Waals surface area contributed by atoms with Gasteiger partial charge in [0.15, 0.2) is 47.1 Å². The first-order valence-corrected chi connectivity index (χ1v) is 15.0. The second kappa shape index (κ2) is 10.9. The maximum Gasteiger partial charge on any atom is 0.325 e. The fraction of sp³-hybridized carbons (Fsp3) is 0.500. The van der Waals surface area contributed by atoms with Crippen LogP contribution in [0.1, 0.15) is 12.5 Å². The Kier molecular flexibility index (Phi) is 7.51. The van der Waals surface area contributed by atoms with Crippen molar-refractivity contribution in [3.05, 3.63) is 33.4 Å². The van der Waals surface area contributed by atoms with Crippen molar-refractivity contribution < 1.29 is 42.4 Å². The van der Waals surface area contributed by atoms with Crippen LogP contribution in [0.3, 0.4) is 0 Å². The summed E-state index contributed by atoms with van der Waals surface area (Å²) in [4.78, 5) is 55.3. The van der Waals surface area contributed by atoms with E-state index in [4.69, 9.17) is 41.8 Å². The monoisotopic (exact) mass is 648 g/mol. The van der Waals surface area contributed by atoms with E-state index in [9.17, 15) is 24.7 Å². The van der Waals surface area contributed by atoms with E-state index in [1.807, 2.05) is 0 Å². The number of imidazole rings is 2. The van der Waals surface area contributed by atoms with Crippen molar-refractivity contribution in [1.29, 1.82) is 0 Å². The van der Waals surface area contributed by atoms with Crippen LogP contribution in [0, 0.1) is 0 Å². The molecule has 43 heavy (non-hydrogen) atoms. The molecule has 0 bridgehead atoms. The minimum absolute atomic E-state index is 0.0837. The highest BCUT2D eigenvalue weighted by Gasteiger charge is 2.51. The third-order valence-electron chi connectivity index (χ3n) is 6.84. The van der Waals surface area contributed by atoms with Gasteiger partial charge in [0.05, 0.1) is 25.9 Å². The second-order valence-corrected chi connectivity index (χ2v) is 12.4. The highest BCUT2D eigenvalue weighted by atomic mass is 32.5. The average Bonchev–Trinajstić information content (AvgIpc) is 3.69. The molecule has 0 aliphatic carbocycles. The van der Waals surface area contributed by atoms with Crippen molar-refractivity contribution in [3.8, 4) is 0 Å². The maximum atomic E-state index is 15.3. The van der Waals surface area contributed by atoms with Crippen LogP contribution in [0.4, 0.5) is 20.7 Å². The van der Waals surface area contributed by atoms with Crippen LogP contribution < -0.4 is 22.6 Å². The highest BCUT2D eigenvalue weighted by molar-refractivity contribution is 8.07. The number of nitrogens with one attached hydrogen (secondary N) is 2. The highest BCUT2D eigenvalue weighted by Crippen LogP contribution is 2.51. The number of hydrogen-bond donors (Lipinski definition) is 7. The lowest BCUT2D eigenvalue weighted by Gasteiger charge is -2.26. The molecule has 0 radical (unpaired) electrons. The molecular weight excluding hydrogens is 625 g/mol. The summed E-state index contributed by atoms with van der Waals surface area (Å²) < 4.78 is 54.4. The molecule has 4 aromatic heterocycles. The summed E-state index contributed by atoms with van der Waals surface area (Å²) in [5.41, 5.74) is 9.36. The van der Waals surface area contributed by atoms with E-state index in [2.05, 4.69) is 29.9 Å². The Morgan fingerprint density at radius 1 is 0.977 bits per heavy atom. The molecule has 0 saturated carbocycles. The smallest absolute Gasteiger partial charge is 0.325 e. The van der Waals surface area contributed by atoms with Gasteiger partial charge in [-0.05, 0) is 11.8 Å². The average molecular weight is 649 g/mol. The number of H-pyrrole nitrogens is 2. The zero-order chi connectivity index (χ0) is 30.8. The van der Waals surface area contributed by atoms with Crippen molar-refractivity contribution in [2.45, 2.75) is 49.2 Å². The van der Waals surface area contributed by atoms with E-state index < -0.39 is 80.3 Å². The Morgan fingerprint density at radius 2 is 1.51 bits per heavy atom. The molecule has 0 aromatic carbocycles. The van der Waals surface area contributed by atoms with Crippen LogP contribution in [0.2, 0.25) is 0 Å². The van der Waals surface area contributed by atoms with Gasteiger partial charge < -0.3 is 40.6 Å². The van der Waals surface area contributed by atoms with Crippen molar-refractivity contribution >= 4 is 52.7 Å². The number of alkyl halides is 2. The Balaban J connectivity index is 1.19. The minimum atomic E-state index is -4.40. The number of halogens is 2. The van der Waals surface area contributed by atoms with Crippen LogP contribution in [-0.4, -0.2) is 104 Å². The van der Waals surface area contributed by atoms with Crippen LogP contribution in [0.5, 0.6) is 0 Å². The summed E-state index contributed by atoms with van der Waals surface area (Å²) in [5, 5.41) is 20.1. The molecule has 2 aliphatic rings. The number of fused-ring (bicyclic) bond motifs is 2. The van der Waals surface area contributed by atoms with Crippen molar-refractivity contribution in [2.75, 3.05) is 24.7 Å². The summed E-state index contributed by atoms with van der Waals surface area (Å²) in [6.07, 6.45) is -11.3. The number of ether oxygens (including phenoxy) is 2. The Hall–Kier alpha value is -3.47. The molecule has 6 heterocycles. The van der Waals surface area contributed by atoms with Crippen molar-refractivity contribution in [1.82, 2.24) is 39.0 Å². The van der Waals surface area contributed by atoms with Crippen molar-refractivity contribution in [2.24, 2.45) is 0 Å². The minimum Gasteiger partial charge on any atom is -0.394 e. The van der Waals surface area contributed by atoms with Crippen LogP contribution in [0.25, 0.3) is 22.3 Å². The summed E-state index contributed by atoms with van der Waals surface area (Å²) in [5.74, 6) is -0.520. The maximum absolute atomic E-state index is 15.3. The molecule has 232 valence electrons. The van der Waals surface area contributed by atoms with Gasteiger partial charge >= 0.3 is 6.72 Å². The van der Waals surface area contributed by atoms with Gasteiger partial charge in [0, 0.05) is 0 Å². The molecule has 4 aromatic rings. The lowest BCUT2D eigenvalue weighted by molar-refractivity contribution is -0.0558. The second-order valence-electron chi connectivity index (χ2n) is 9.58. The molecular formula is C20H23F2N10O9PS. The zero-order valence-corrected chi connectivity index (χ0v) is 23.1. The van der Waals surface area contributed by atoms with Gasteiger partial charge in [-0.1, -0.05) is 0 Å². The molecule has 0 spiro atoms. The normalized spacial score (nSPS) is 30.8.